The molecule has 8 heteroatoms. The lowest BCUT2D eigenvalue weighted by molar-refractivity contribution is 0.0991. The first-order chi connectivity index (χ1) is 16.9. The van der Waals surface area contributed by atoms with Gasteiger partial charge in [0.25, 0.3) is 5.56 Å². The monoisotopic (exact) mass is 473 g/mol. The number of imidazole rings is 1. The molecule has 0 radical (unpaired) electrons. The first-order valence-corrected chi connectivity index (χ1v) is 12.9. The highest BCUT2D eigenvalue weighted by molar-refractivity contribution is 5.69. The molecule has 3 aromatic heterocycles. The second-order valence-corrected chi connectivity index (χ2v) is 10.1. The molecule has 1 unspecified atom stereocenters. The Hall–Kier alpha value is -3.18. The second kappa shape index (κ2) is 9.46. The summed E-state index contributed by atoms with van der Waals surface area (Å²) in [7, 11) is 1.74. The standard InChI is InChI=1S/C27H35N7O/c1-5-22-17-33(25-13-26(35)31(4)34-15-21(11-12-28)30-27(25)34)23(6-2)16-32(22)18(3)24-10-9-20(14-29-24)19-7-8-19/h9-10,13-15,18-19,22-23H,5-8,11,16-17H2,1-4H3/t18?,22-,23+/m1/s1. The van der Waals surface area contributed by atoms with Gasteiger partial charge in [-0.2, -0.15) is 5.26 Å². The van der Waals surface area contributed by atoms with Gasteiger partial charge in [0.05, 0.1) is 35.8 Å². The minimum atomic E-state index is -0.0768. The lowest BCUT2D eigenvalue weighted by Crippen LogP contribution is -2.59. The van der Waals surface area contributed by atoms with E-state index in [1.54, 1.807) is 28.5 Å². The van der Waals surface area contributed by atoms with Crippen molar-refractivity contribution in [2.75, 3.05) is 18.0 Å². The molecule has 0 N–H and O–H groups in total. The van der Waals surface area contributed by atoms with Gasteiger partial charge >= 0.3 is 0 Å². The Morgan fingerprint density at radius 1 is 1.17 bits per heavy atom. The predicted octanol–water partition coefficient (Wildman–Crippen LogP) is 3.81. The number of pyridine rings is 1. The first kappa shape index (κ1) is 23.6. The second-order valence-electron chi connectivity index (χ2n) is 10.1. The van der Waals surface area contributed by atoms with E-state index >= 15 is 0 Å². The number of aromatic nitrogens is 4. The van der Waals surface area contributed by atoms with Crippen molar-refractivity contribution in [1.82, 2.24) is 24.1 Å². The Balaban J connectivity index is 1.46. The van der Waals surface area contributed by atoms with Crippen LogP contribution < -0.4 is 10.5 Å². The molecule has 3 atom stereocenters. The molecule has 0 amide bonds. The van der Waals surface area contributed by atoms with Gasteiger partial charge in [-0.15, -0.1) is 0 Å². The largest absolute Gasteiger partial charge is 0.362 e. The van der Waals surface area contributed by atoms with Crippen LogP contribution in [-0.4, -0.2) is 49.2 Å². The summed E-state index contributed by atoms with van der Waals surface area (Å²) < 4.78 is 3.35. The maximum absolute atomic E-state index is 12.9. The highest BCUT2D eigenvalue weighted by Crippen LogP contribution is 2.40. The molecule has 1 saturated carbocycles. The van der Waals surface area contributed by atoms with E-state index < -0.39 is 0 Å². The summed E-state index contributed by atoms with van der Waals surface area (Å²) in [6, 6.07) is 9.16. The van der Waals surface area contributed by atoms with E-state index in [1.807, 2.05) is 0 Å². The van der Waals surface area contributed by atoms with E-state index in [9.17, 15) is 4.79 Å². The van der Waals surface area contributed by atoms with Gasteiger partial charge in [-0.25, -0.2) is 14.2 Å². The van der Waals surface area contributed by atoms with Crippen LogP contribution in [0.4, 0.5) is 5.69 Å². The average molecular weight is 474 g/mol. The summed E-state index contributed by atoms with van der Waals surface area (Å²) in [5.41, 5.74) is 4.71. The zero-order chi connectivity index (χ0) is 24.7. The minimum Gasteiger partial charge on any atom is -0.362 e. The number of rotatable bonds is 7. The van der Waals surface area contributed by atoms with Gasteiger partial charge < -0.3 is 4.90 Å². The van der Waals surface area contributed by atoms with E-state index in [0.29, 0.717) is 11.7 Å². The third kappa shape index (κ3) is 4.34. The number of aryl methyl sites for hydroxylation is 1. The molecule has 0 bridgehead atoms. The van der Waals surface area contributed by atoms with Crippen LogP contribution >= 0.6 is 0 Å². The van der Waals surface area contributed by atoms with Gasteiger partial charge in [-0.1, -0.05) is 19.9 Å². The van der Waals surface area contributed by atoms with Gasteiger partial charge in [0.2, 0.25) is 0 Å². The fourth-order valence-corrected chi connectivity index (χ4v) is 5.53. The summed E-state index contributed by atoms with van der Waals surface area (Å²) in [5, 5.41) is 9.17. The van der Waals surface area contributed by atoms with Crippen molar-refractivity contribution in [3.8, 4) is 6.07 Å². The maximum atomic E-state index is 12.9. The molecule has 0 spiro atoms. The third-order valence-corrected chi connectivity index (χ3v) is 7.90. The Kier molecular flexibility index (Phi) is 6.37. The zero-order valence-electron chi connectivity index (χ0n) is 21.2. The number of hydrogen-bond donors (Lipinski definition) is 0. The fourth-order valence-electron chi connectivity index (χ4n) is 5.53. The van der Waals surface area contributed by atoms with Gasteiger partial charge in [0.1, 0.15) is 0 Å². The normalized spacial score (nSPS) is 21.9. The molecule has 184 valence electrons. The minimum absolute atomic E-state index is 0.0768. The van der Waals surface area contributed by atoms with Gasteiger partial charge in [-0.3, -0.25) is 14.7 Å². The fraction of sp³-hybridized carbons (Fsp3) is 0.556. The summed E-state index contributed by atoms with van der Waals surface area (Å²) in [5.74, 6) is 0.718. The molecule has 1 saturated heterocycles. The molecular formula is C27H35N7O. The lowest BCUT2D eigenvalue weighted by atomic mass is 9.98. The zero-order valence-corrected chi connectivity index (χ0v) is 21.2. The summed E-state index contributed by atoms with van der Waals surface area (Å²) in [6.45, 7) is 8.43. The molecule has 35 heavy (non-hydrogen) atoms. The molecule has 5 rings (SSSR count). The summed E-state index contributed by atoms with van der Waals surface area (Å²) in [6.07, 6.45) is 8.65. The van der Waals surface area contributed by atoms with E-state index in [4.69, 9.17) is 15.2 Å². The van der Waals surface area contributed by atoms with E-state index in [2.05, 4.69) is 55.0 Å². The Morgan fingerprint density at radius 2 is 1.94 bits per heavy atom. The Labute approximate surface area is 206 Å². The number of nitrogens with zero attached hydrogens (tertiary/aromatic N) is 7. The molecule has 2 fully saturated rings. The Morgan fingerprint density at radius 3 is 2.57 bits per heavy atom. The quantitative estimate of drug-likeness (QED) is 0.519. The van der Waals surface area contributed by atoms with E-state index in [1.165, 1.54) is 18.4 Å². The molecule has 2 aliphatic rings. The topological polar surface area (TPSA) is 82.5 Å². The first-order valence-electron chi connectivity index (χ1n) is 12.9. The molecule has 4 heterocycles. The maximum Gasteiger partial charge on any atom is 0.267 e. The molecule has 1 aliphatic carbocycles. The summed E-state index contributed by atoms with van der Waals surface area (Å²) >= 11 is 0. The third-order valence-electron chi connectivity index (χ3n) is 7.90. The number of nitriles is 1. The van der Waals surface area contributed by atoms with Crippen LogP contribution in [0.1, 0.15) is 75.4 Å². The van der Waals surface area contributed by atoms with Crippen LogP contribution in [0.15, 0.2) is 35.4 Å². The molecular weight excluding hydrogens is 438 g/mol. The number of hydrogen-bond acceptors (Lipinski definition) is 6. The van der Waals surface area contributed by atoms with Crippen molar-refractivity contribution in [2.45, 2.75) is 76.9 Å². The molecule has 3 aromatic rings. The van der Waals surface area contributed by atoms with Crippen LogP contribution in [0.3, 0.4) is 0 Å². The van der Waals surface area contributed by atoms with Crippen molar-refractivity contribution in [2.24, 2.45) is 7.05 Å². The van der Waals surface area contributed by atoms with Gasteiger partial charge in [-0.05, 0) is 50.2 Å². The van der Waals surface area contributed by atoms with Crippen LogP contribution in [0.5, 0.6) is 0 Å². The lowest BCUT2D eigenvalue weighted by Gasteiger charge is -2.49. The summed E-state index contributed by atoms with van der Waals surface area (Å²) in [4.78, 5) is 27.4. The molecule has 8 nitrogen and oxygen atoms in total. The van der Waals surface area contributed by atoms with Crippen molar-refractivity contribution in [1.29, 1.82) is 5.26 Å². The van der Waals surface area contributed by atoms with Crippen LogP contribution in [0.2, 0.25) is 0 Å². The van der Waals surface area contributed by atoms with Gasteiger partial charge in [0, 0.05) is 50.5 Å². The predicted molar refractivity (Wildman–Crippen MR) is 137 cm³/mol. The van der Waals surface area contributed by atoms with Crippen molar-refractivity contribution < 1.29 is 0 Å². The highest BCUT2D eigenvalue weighted by Gasteiger charge is 2.37. The van der Waals surface area contributed by atoms with Crippen molar-refractivity contribution in [3.63, 3.8) is 0 Å². The molecule has 1 aliphatic heterocycles. The number of piperazine rings is 1. The number of anilines is 1. The van der Waals surface area contributed by atoms with Crippen LogP contribution in [0.25, 0.3) is 5.65 Å². The SMILES string of the molecule is CC[C@H]1CN(C(C)c2ccc(C3CC3)cn2)[C@H](CC)CN1c1cc(=O)n(C)n2cc(CC#N)nc12. The molecule has 0 aromatic carbocycles. The van der Waals surface area contributed by atoms with Gasteiger partial charge in [0.15, 0.2) is 5.65 Å². The van der Waals surface area contributed by atoms with Crippen LogP contribution in [0, 0.1) is 11.3 Å². The Bertz CT molecular complexity index is 1300. The van der Waals surface area contributed by atoms with Crippen molar-refractivity contribution in [3.05, 3.63) is 57.9 Å². The van der Waals surface area contributed by atoms with Crippen molar-refractivity contribution >= 4 is 11.3 Å². The van der Waals surface area contributed by atoms with E-state index in [0.717, 1.165) is 48.9 Å². The highest BCUT2D eigenvalue weighted by atomic mass is 16.1. The van der Waals surface area contributed by atoms with Crippen LogP contribution in [-0.2, 0) is 13.5 Å². The average Bonchev–Trinajstić information content (AvgIpc) is 3.65. The number of fused-ring (bicyclic) bond motifs is 1. The smallest absolute Gasteiger partial charge is 0.267 e. The van der Waals surface area contributed by atoms with E-state index in [-0.39, 0.29) is 24.1 Å².